The van der Waals surface area contributed by atoms with E-state index in [2.05, 4.69) is 26.5 Å². The van der Waals surface area contributed by atoms with E-state index in [0.29, 0.717) is 0 Å². The van der Waals surface area contributed by atoms with Gasteiger partial charge in [0.1, 0.15) is 11.5 Å². The van der Waals surface area contributed by atoms with Crippen LogP contribution in [0.15, 0.2) is 58.1 Å². The van der Waals surface area contributed by atoms with Gasteiger partial charge in [-0.05, 0) is 38.8 Å². The Hall–Kier alpha value is -3.46. The van der Waals surface area contributed by atoms with Gasteiger partial charge in [0.05, 0.1) is 21.2 Å². The summed E-state index contributed by atoms with van der Waals surface area (Å²) in [5, 5.41) is 36.1. The number of amides is 1. The molecule has 3 aromatic carbocycles. The Morgan fingerprint density at radius 2 is 1.81 bits per heavy atom. The van der Waals surface area contributed by atoms with E-state index in [9.17, 15) is 25.1 Å². The first-order chi connectivity index (χ1) is 12.9. The van der Waals surface area contributed by atoms with Crippen molar-refractivity contribution >= 4 is 44.5 Å². The number of aromatic hydroxyl groups is 2. The van der Waals surface area contributed by atoms with E-state index in [1.807, 2.05) is 12.1 Å². The molecule has 0 aliphatic carbocycles. The van der Waals surface area contributed by atoms with Crippen LogP contribution in [0.2, 0.25) is 0 Å². The number of non-ortho nitro benzene ring substituents is 1. The van der Waals surface area contributed by atoms with Gasteiger partial charge in [0, 0.05) is 17.7 Å². The average molecular weight is 430 g/mol. The molecule has 27 heavy (non-hydrogen) atoms. The quantitative estimate of drug-likeness (QED) is 0.331. The lowest BCUT2D eigenvalue weighted by molar-refractivity contribution is -0.385. The van der Waals surface area contributed by atoms with Crippen molar-refractivity contribution in [1.29, 1.82) is 0 Å². The second-order valence-corrected chi connectivity index (χ2v) is 6.39. The van der Waals surface area contributed by atoms with Gasteiger partial charge in [-0.25, -0.2) is 5.43 Å². The molecule has 8 nitrogen and oxygen atoms in total. The number of nitrogens with one attached hydrogen (secondary N) is 1. The number of nitrogens with zero attached hydrogens (tertiary/aromatic N) is 2. The van der Waals surface area contributed by atoms with Gasteiger partial charge >= 0.3 is 0 Å². The molecule has 9 heteroatoms. The fraction of sp³-hybridized carbons (Fsp3) is 0. The number of rotatable bonds is 4. The Kier molecular flexibility index (Phi) is 5.04. The smallest absolute Gasteiger partial charge is 0.275 e. The molecule has 0 heterocycles. The number of fused-ring (bicyclic) bond motifs is 1. The highest BCUT2D eigenvalue weighted by atomic mass is 79.9. The number of phenolic OH excluding ortho intramolecular Hbond substituents is 2. The lowest BCUT2D eigenvalue weighted by Crippen LogP contribution is -2.17. The summed E-state index contributed by atoms with van der Waals surface area (Å²) < 4.78 is 0.122. The van der Waals surface area contributed by atoms with Crippen molar-refractivity contribution < 1.29 is 19.9 Å². The molecule has 0 bridgehead atoms. The molecule has 3 N–H and O–H groups in total. The van der Waals surface area contributed by atoms with Crippen LogP contribution in [-0.4, -0.2) is 27.3 Å². The number of benzene rings is 3. The molecule has 0 aliphatic rings. The molecule has 0 aromatic heterocycles. The zero-order chi connectivity index (χ0) is 19.6. The van der Waals surface area contributed by atoms with Gasteiger partial charge < -0.3 is 10.2 Å². The van der Waals surface area contributed by atoms with Gasteiger partial charge in [-0.2, -0.15) is 5.10 Å². The number of hydrazone groups is 1. The van der Waals surface area contributed by atoms with Crippen molar-refractivity contribution in [3.63, 3.8) is 0 Å². The standard InChI is InChI=1S/C18H12BrN3O5/c19-15-8-13(22(26)27)5-12(17(15)24)9-20-21-18(25)14-6-10-3-1-2-4-11(10)7-16(14)23/h1-9,23-24H,(H,21,25)/b20-9+. The highest BCUT2D eigenvalue weighted by Crippen LogP contribution is 2.31. The molecular weight excluding hydrogens is 418 g/mol. The van der Waals surface area contributed by atoms with E-state index in [0.717, 1.165) is 29.1 Å². The molecule has 0 fully saturated rings. The number of hydrogen-bond donors (Lipinski definition) is 3. The molecule has 0 unspecified atom stereocenters. The fourth-order valence-corrected chi connectivity index (χ4v) is 2.90. The monoisotopic (exact) mass is 429 g/mol. The zero-order valence-electron chi connectivity index (χ0n) is 13.6. The first-order valence-electron chi connectivity index (χ1n) is 7.59. The van der Waals surface area contributed by atoms with Crippen LogP contribution in [0.25, 0.3) is 10.8 Å². The Labute approximate surface area is 161 Å². The number of halogens is 1. The number of carbonyl (C=O) groups is 1. The van der Waals surface area contributed by atoms with Gasteiger partial charge in [-0.15, -0.1) is 0 Å². The van der Waals surface area contributed by atoms with Crippen LogP contribution in [0.5, 0.6) is 11.5 Å². The van der Waals surface area contributed by atoms with Crippen molar-refractivity contribution in [2.75, 3.05) is 0 Å². The summed E-state index contributed by atoms with van der Waals surface area (Å²) in [5.74, 6) is -1.13. The third kappa shape index (κ3) is 3.87. The number of nitro benzene ring substituents is 1. The summed E-state index contributed by atoms with van der Waals surface area (Å²) >= 11 is 3.02. The van der Waals surface area contributed by atoms with Crippen LogP contribution in [0, 0.1) is 10.1 Å². The minimum Gasteiger partial charge on any atom is -0.507 e. The van der Waals surface area contributed by atoms with E-state index in [-0.39, 0.29) is 32.8 Å². The minimum absolute atomic E-state index is 0.0234. The molecule has 3 rings (SSSR count). The van der Waals surface area contributed by atoms with E-state index in [1.54, 1.807) is 12.1 Å². The molecule has 0 spiro atoms. The van der Waals surface area contributed by atoms with Crippen LogP contribution in [0.4, 0.5) is 5.69 Å². The summed E-state index contributed by atoms with van der Waals surface area (Å²) in [6.45, 7) is 0. The maximum absolute atomic E-state index is 12.3. The van der Waals surface area contributed by atoms with Crippen LogP contribution in [-0.2, 0) is 0 Å². The highest BCUT2D eigenvalue weighted by molar-refractivity contribution is 9.10. The molecule has 1 amide bonds. The molecule has 0 atom stereocenters. The minimum atomic E-state index is -0.668. The summed E-state index contributed by atoms with van der Waals surface area (Å²) in [7, 11) is 0. The predicted molar refractivity (Wildman–Crippen MR) is 103 cm³/mol. The fourth-order valence-electron chi connectivity index (χ4n) is 2.44. The molecule has 0 aliphatic heterocycles. The molecule has 136 valence electrons. The van der Waals surface area contributed by atoms with E-state index in [4.69, 9.17) is 0 Å². The van der Waals surface area contributed by atoms with Crippen molar-refractivity contribution in [2.24, 2.45) is 5.10 Å². The Balaban J connectivity index is 1.84. The van der Waals surface area contributed by atoms with Crippen molar-refractivity contribution in [1.82, 2.24) is 5.43 Å². The topological polar surface area (TPSA) is 125 Å². The lowest BCUT2D eigenvalue weighted by atomic mass is 10.1. The zero-order valence-corrected chi connectivity index (χ0v) is 15.2. The Bertz CT molecular complexity index is 1100. The second-order valence-electron chi connectivity index (χ2n) is 5.54. The summed E-state index contributed by atoms with van der Waals surface area (Å²) in [5.41, 5.74) is 2.04. The molecule has 0 saturated carbocycles. The second kappa shape index (κ2) is 7.42. The maximum atomic E-state index is 12.3. The summed E-state index contributed by atoms with van der Waals surface area (Å²) in [6.07, 6.45) is 1.07. The van der Waals surface area contributed by atoms with Gasteiger partial charge in [-0.3, -0.25) is 14.9 Å². The predicted octanol–water partition coefficient (Wildman–Crippen LogP) is 3.69. The average Bonchev–Trinajstić information content (AvgIpc) is 2.64. The third-order valence-corrected chi connectivity index (χ3v) is 4.37. The van der Waals surface area contributed by atoms with Gasteiger partial charge in [0.25, 0.3) is 11.6 Å². The number of hydrogen-bond acceptors (Lipinski definition) is 6. The first kappa shape index (κ1) is 18.3. The number of phenols is 2. The van der Waals surface area contributed by atoms with Gasteiger partial charge in [-0.1, -0.05) is 24.3 Å². The Morgan fingerprint density at radius 3 is 2.48 bits per heavy atom. The first-order valence-corrected chi connectivity index (χ1v) is 8.38. The molecular formula is C18H12BrN3O5. The van der Waals surface area contributed by atoms with Gasteiger partial charge in [0.15, 0.2) is 0 Å². The SMILES string of the molecule is O=C(N/N=C/c1cc([N+](=O)[O-])cc(Br)c1O)c1cc2ccccc2cc1O. The van der Waals surface area contributed by atoms with Crippen LogP contribution in [0.1, 0.15) is 15.9 Å². The third-order valence-electron chi connectivity index (χ3n) is 3.77. The summed E-state index contributed by atoms with van der Waals surface area (Å²) in [4.78, 5) is 22.5. The highest BCUT2D eigenvalue weighted by Gasteiger charge is 2.14. The van der Waals surface area contributed by atoms with Crippen LogP contribution in [0.3, 0.4) is 0 Å². The number of carbonyl (C=O) groups excluding carboxylic acids is 1. The van der Waals surface area contributed by atoms with Crippen molar-refractivity contribution in [3.8, 4) is 11.5 Å². The number of nitro groups is 1. The largest absolute Gasteiger partial charge is 0.507 e. The van der Waals surface area contributed by atoms with Crippen molar-refractivity contribution in [2.45, 2.75) is 0 Å². The van der Waals surface area contributed by atoms with E-state index >= 15 is 0 Å². The molecule has 0 saturated heterocycles. The van der Waals surface area contributed by atoms with Crippen molar-refractivity contribution in [3.05, 3.63) is 74.2 Å². The van der Waals surface area contributed by atoms with Crippen LogP contribution >= 0.6 is 15.9 Å². The van der Waals surface area contributed by atoms with E-state index < -0.39 is 10.8 Å². The van der Waals surface area contributed by atoms with Crippen LogP contribution < -0.4 is 5.43 Å². The van der Waals surface area contributed by atoms with E-state index in [1.165, 1.54) is 12.1 Å². The molecule has 0 radical (unpaired) electrons. The normalized spacial score (nSPS) is 11.0. The molecule has 3 aromatic rings. The maximum Gasteiger partial charge on any atom is 0.275 e. The Morgan fingerprint density at radius 1 is 1.15 bits per heavy atom. The summed E-state index contributed by atoms with van der Waals surface area (Å²) in [6, 6.07) is 12.5. The van der Waals surface area contributed by atoms with Gasteiger partial charge in [0.2, 0.25) is 0 Å². The lowest BCUT2D eigenvalue weighted by Gasteiger charge is -2.06.